The van der Waals surface area contributed by atoms with Gasteiger partial charge < -0.3 is 37.3 Å². The summed E-state index contributed by atoms with van der Waals surface area (Å²) in [6.45, 7) is 0. The van der Waals surface area contributed by atoms with Gasteiger partial charge in [-0.2, -0.15) is 0 Å². The van der Waals surface area contributed by atoms with Crippen molar-refractivity contribution in [2.45, 2.75) is 43.4 Å². The predicted molar refractivity (Wildman–Crippen MR) is 92.8 cm³/mol. The van der Waals surface area contributed by atoms with E-state index in [0.717, 1.165) is 0 Å². The van der Waals surface area contributed by atoms with Crippen LogP contribution in [0.2, 0.25) is 0 Å². The Morgan fingerprint density at radius 3 is 2.74 bits per heavy atom. The van der Waals surface area contributed by atoms with Crippen LogP contribution < -0.4 is 17.2 Å². The molecule has 9 N–H and O–H groups in total. The Kier molecular flexibility index (Phi) is 5.23. The second-order valence-electron chi connectivity index (χ2n) is 6.28. The number of carboxylic acid groups (broad SMARTS) is 1. The lowest BCUT2D eigenvalue weighted by Crippen LogP contribution is -2.32. The van der Waals surface area contributed by atoms with Crippen LogP contribution in [0.5, 0.6) is 0 Å². The molecular weight excluding hydrogens is 358 g/mol. The van der Waals surface area contributed by atoms with Crippen molar-refractivity contribution in [3.8, 4) is 0 Å². The molecule has 2 aromatic heterocycles. The minimum absolute atomic E-state index is 0.0766. The molecule has 0 saturated carbocycles. The maximum atomic E-state index is 10.7. The average Bonchev–Trinajstić information content (AvgIpc) is 3.17. The summed E-state index contributed by atoms with van der Waals surface area (Å²) in [7, 11) is 0. The van der Waals surface area contributed by atoms with Crippen LogP contribution in [0.1, 0.15) is 19.1 Å². The van der Waals surface area contributed by atoms with Gasteiger partial charge in [-0.05, 0) is 18.9 Å². The van der Waals surface area contributed by atoms with E-state index in [2.05, 4.69) is 15.0 Å². The number of hydrogen-bond donors (Lipinski definition) is 6. The highest BCUT2D eigenvalue weighted by Gasteiger charge is 2.41. The fourth-order valence-electron chi connectivity index (χ4n) is 2.81. The number of nitrogens with two attached hydrogens (primary N) is 3. The second kappa shape index (κ2) is 7.44. The van der Waals surface area contributed by atoms with Gasteiger partial charge in [0.2, 0.25) is 6.23 Å². The van der Waals surface area contributed by atoms with E-state index in [1.54, 1.807) is 0 Å². The second-order valence-corrected chi connectivity index (χ2v) is 6.28. The van der Waals surface area contributed by atoms with Gasteiger partial charge in [-0.15, -0.1) is 0 Å². The summed E-state index contributed by atoms with van der Waals surface area (Å²) in [5, 5.41) is 29.4. The van der Waals surface area contributed by atoms with E-state index in [0.29, 0.717) is 11.2 Å². The van der Waals surface area contributed by atoms with Gasteiger partial charge in [0.05, 0.1) is 0 Å². The fourth-order valence-corrected chi connectivity index (χ4v) is 2.81. The highest BCUT2D eigenvalue weighted by Crippen LogP contribution is 2.34. The molecule has 0 aliphatic carbocycles. The summed E-state index contributed by atoms with van der Waals surface area (Å²) in [6.07, 6.45) is 0.904. The van der Waals surface area contributed by atoms with Crippen molar-refractivity contribution in [1.29, 1.82) is 0 Å². The van der Waals surface area contributed by atoms with Gasteiger partial charge in [-0.1, -0.05) is 0 Å². The molecule has 12 heteroatoms. The average molecular weight is 379 g/mol. The van der Waals surface area contributed by atoms with Crippen LogP contribution in [0.15, 0.2) is 24.5 Å². The van der Waals surface area contributed by atoms with Gasteiger partial charge in [0, 0.05) is 6.04 Å². The zero-order chi connectivity index (χ0) is 19.7. The third kappa shape index (κ3) is 3.68. The van der Waals surface area contributed by atoms with Crippen molar-refractivity contribution < 1.29 is 24.9 Å². The molecule has 3 heterocycles. The van der Waals surface area contributed by atoms with Gasteiger partial charge in [0.15, 0.2) is 11.5 Å². The Hall–Kier alpha value is -2.80. The summed E-state index contributed by atoms with van der Waals surface area (Å²) in [5.41, 5.74) is 17.8. The lowest BCUT2D eigenvalue weighted by molar-refractivity contribution is -0.138. The number of aliphatic hydroxyl groups is 2. The molecule has 5 unspecified atom stereocenters. The van der Waals surface area contributed by atoms with E-state index >= 15 is 0 Å². The standard InChI is InChI=1S/C15H21N7O5/c16-6(1-2-7(17)15(25)26)3-8-10(23)11(24)14(27-8)22-5-21-9-12(18)19-4-20-13(9)22/h3-7,10-11,14,23-24H,1-2,16-17H2,(H,25,26)(H2,18,19,20)/b8-3-. The van der Waals surface area contributed by atoms with Gasteiger partial charge in [0.1, 0.15) is 42.2 Å². The molecule has 1 saturated heterocycles. The highest BCUT2D eigenvalue weighted by atomic mass is 16.5. The van der Waals surface area contributed by atoms with Gasteiger partial charge in [-0.25, -0.2) is 15.0 Å². The summed E-state index contributed by atoms with van der Waals surface area (Å²) >= 11 is 0. The van der Waals surface area contributed by atoms with Crippen molar-refractivity contribution in [3.63, 3.8) is 0 Å². The summed E-state index contributed by atoms with van der Waals surface area (Å²) in [6, 6.07) is -1.63. The van der Waals surface area contributed by atoms with E-state index in [-0.39, 0.29) is 24.4 Å². The number of fused-ring (bicyclic) bond motifs is 1. The number of carbonyl (C=O) groups is 1. The number of imidazole rings is 1. The first-order chi connectivity index (χ1) is 12.8. The maximum absolute atomic E-state index is 10.7. The first kappa shape index (κ1) is 19.0. The molecule has 0 radical (unpaired) electrons. The summed E-state index contributed by atoms with van der Waals surface area (Å²) in [5.74, 6) is -0.858. The topological polar surface area (TPSA) is 209 Å². The quantitative estimate of drug-likeness (QED) is 0.325. The van der Waals surface area contributed by atoms with Crippen LogP contribution in [0, 0.1) is 0 Å². The minimum atomic E-state index is -1.31. The minimum Gasteiger partial charge on any atom is -0.480 e. The number of hydrogen-bond acceptors (Lipinski definition) is 10. The molecule has 0 amide bonds. The first-order valence-electron chi connectivity index (χ1n) is 8.21. The Morgan fingerprint density at radius 2 is 2.04 bits per heavy atom. The van der Waals surface area contributed by atoms with Gasteiger partial charge in [-0.3, -0.25) is 9.36 Å². The van der Waals surface area contributed by atoms with Crippen molar-refractivity contribution >= 4 is 23.0 Å². The number of nitrogens with zero attached hydrogens (tertiary/aromatic N) is 4. The van der Waals surface area contributed by atoms with E-state index in [1.807, 2.05) is 0 Å². The van der Waals surface area contributed by atoms with Crippen LogP contribution in [0.4, 0.5) is 5.82 Å². The zero-order valence-electron chi connectivity index (χ0n) is 14.2. The largest absolute Gasteiger partial charge is 0.480 e. The molecule has 0 aromatic carbocycles. The van der Waals surface area contributed by atoms with Crippen molar-refractivity contribution in [3.05, 3.63) is 24.5 Å². The molecule has 1 fully saturated rings. The number of aromatic nitrogens is 4. The normalized spacial score (nSPS) is 26.2. The van der Waals surface area contributed by atoms with E-state index in [4.69, 9.17) is 27.0 Å². The lowest BCUT2D eigenvalue weighted by Gasteiger charge is -2.16. The predicted octanol–water partition coefficient (Wildman–Crippen LogP) is -1.94. The Labute approximate surface area is 153 Å². The van der Waals surface area contributed by atoms with Crippen LogP contribution in [0.25, 0.3) is 11.2 Å². The number of ether oxygens (including phenoxy) is 1. The molecule has 1 aliphatic heterocycles. The molecule has 146 valence electrons. The highest BCUT2D eigenvalue weighted by molar-refractivity contribution is 5.81. The Balaban J connectivity index is 1.77. The Bertz CT molecular complexity index is 869. The Morgan fingerprint density at radius 1 is 1.30 bits per heavy atom. The number of aliphatic carboxylic acids is 1. The number of aliphatic hydroxyl groups excluding tert-OH is 2. The first-order valence-corrected chi connectivity index (χ1v) is 8.21. The number of carboxylic acids is 1. The summed E-state index contributed by atoms with van der Waals surface area (Å²) in [4.78, 5) is 22.8. The van der Waals surface area contributed by atoms with Crippen LogP contribution in [0.3, 0.4) is 0 Å². The molecule has 3 rings (SSSR count). The molecule has 0 spiro atoms. The summed E-state index contributed by atoms with van der Waals surface area (Å²) < 4.78 is 7.10. The maximum Gasteiger partial charge on any atom is 0.320 e. The molecule has 0 bridgehead atoms. The van der Waals surface area contributed by atoms with Gasteiger partial charge in [0.25, 0.3) is 0 Å². The molecule has 12 nitrogen and oxygen atoms in total. The van der Waals surface area contributed by atoms with Crippen molar-refractivity contribution in [1.82, 2.24) is 19.5 Å². The SMILES string of the molecule is Nc1ncnc2c1ncn2C1O/C(=C\C(N)CCC(N)C(=O)O)C(O)C1O. The van der Waals surface area contributed by atoms with E-state index < -0.39 is 36.5 Å². The van der Waals surface area contributed by atoms with Crippen LogP contribution in [-0.4, -0.2) is 65.1 Å². The fraction of sp³-hybridized carbons (Fsp3) is 0.467. The van der Waals surface area contributed by atoms with Gasteiger partial charge >= 0.3 is 5.97 Å². The third-order valence-corrected chi connectivity index (χ3v) is 4.33. The van der Waals surface area contributed by atoms with Crippen molar-refractivity contribution in [2.24, 2.45) is 11.5 Å². The van der Waals surface area contributed by atoms with E-state index in [1.165, 1.54) is 23.3 Å². The molecule has 5 atom stereocenters. The molecule has 27 heavy (non-hydrogen) atoms. The smallest absolute Gasteiger partial charge is 0.320 e. The zero-order valence-corrected chi connectivity index (χ0v) is 14.2. The van der Waals surface area contributed by atoms with Crippen LogP contribution >= 0.6 is 0 Å². The van der Waals surface area contributed by atoms with E-state index in [9.17, 15) is 15.0 Å². The van der Waals surface area contributed by atoms with Crippen LogP contribution in [-0.2, 0) is 9.53 Å². The number of anilines is 1. The molecular formula is C15H21N7O5. The van der Waals surface area contributed by atoms with Crippen molar-refractivity contribution in [2.75, 3.05) is 5.73 Å². The molecule has 2 aromatic rings. The number of nitrogen functional groups attached to an aromatic ring is 1. The lowest BCUT2D eigenvalue weighted by atomic mass is 10.1. The third-order valence-electron chi connectivity index (χ3n) is 4.33. The molecule has 1 aliphatic rings. The number of rotatable bonds is 6. The monoisotopic (exact) mass is 379 g/mol.